The smallest absolute Gasteiger partial charge is 0.413 e. The number of carbonyl (C=O) groups is 2. The van der Waals surface area contributed by atoms with Crippen molar-refractivity contribution in [3.05, 3.63) is 12.3 Å². The molecule has 0 spiro atoms. The summed E-state index contributed by atoms with van der Waals surface area (Å²) in [6.07, 6.45) is 2.38. The molecule has 0 saturated carbocycles. The van der Waals surface area contributed by atoms with E-state index in [1.165, 1.54) is 22.1 Å². The molecule has 0 aromatic rings. The van der Waals surface area contributed by atoms with Gasteiger partial charge in [0.1, 0.15) is 6.61 Å². The van der Waals surface area contributed by atoms with Crippen LogP contribution in [0, 0.1) is 0 Å². The molecule has 0 N–H and O–H groups in total. The van der Waals surface area contributed by atoms with Gasteiger partial charge in [0, 0.05) is 26.4 Å². The van der Waals surface area contributed by atoms with Crippen LogP contribution < -0.4 is 0 Å². The quantitative estimate of drug-likeness (QED) is 0.569. The van der Waals surface area contributed by atoms with Crippen molar-refractivity contribution in [1.29, 1.82) is 0 Å². The molecule has 72 valence electrons. The van der Waals surface area contributed by atoms with Crippen LogP contribution in [0.3, 0.4) is 0 Å². The summed E-state index contributed by atoms with van der Waals surface area (Å²) in [4.78, 5) is 24.7. The van der Waals surface area contributed by atoms with Crippen LogP contribution in [-0.2, 0) is 9.53 Å². The Balaban J connectivity index is 2.48. The maximum Gasteiger partial charge on any atom is 0.413 e. The average Bonchev–Trinajstić information content (AvgIpc) is 2.47. The number of hydrogen-bond acceptors (Lipinski definition) is 3. The van der Waals surface area contributed by atoms with Crippen molar-refractivity contribution in [3.63, 3.8) is 0 Å². The minimum atomic E-state index is -0.400. The monoisotopic (exact) mass is 184 g/mol. The summed E-state index contributed by atoms with van der Waals surface area (Å²) in [7, 11) is 3.30. The molecule has 1 heterocycles. The van der Waals surface area contributed by atoms with E-state index in [4.69, 9.17) is 0 Å². The molecule has 0 atom stereocenters. The minimum absolute atomic E-state index is 0.153. The van der Waals surface area contributed by atoms with E-state index in [0.717, 1.165) is 0 Å². The number of likely N-dealkylation sites (N-methyl/N-ethyl adjacent to an activating group) is 1. The number of cyclic esters (lactones) is 1. The van der Waals surface area contributed by atoms with Crippen molar-refractivity contribution in [2.24, 2.45) is 0 Å². The summed E-state index contributed by atoms with van der Waals surface area (Å²) in [6, 6.07) is 0. The van der Waals surface area contributed by atoms with Crippen molar-refractivity contribution in [2.45, 2.75) is 0 Å². The Hall–Kier alpha value is -1.52. The van der Waals surface area contributed by atoms with Crippen LogP contribution in [0.15, 0.2) is 12.3 Å². The molecule has 13 heavy (non-hydrogen) atoms. The van der Waals surface area contributed by atoms with Crippen molar-refractivity contribution in [3.8, 4) is 0 Å². The molecular weight excluding hydrogens is 172 g/mol. The van der Waals surface area contributed by atoms with Gasteiger partial charge in [0.2, 0.25) is 5.91 Å². The molecule has 0 radical (unpaired) electrons. The molecule has 0 unspecified atom stereocenters. The average molecular weight is 184 g/mol. The molecule has 5 heteroatoms. The van der Waals surface area contributed by atoms with Crippen LogP contribution in [0.1, 0.15) is 0 Å². The first-order valence-electron chi connectivity index (χ1n) is 3.94. The molecule has 1 aliphatic heterocycles. The molecule has 2 amide bonds. The fourth-order valence-corrected chi connectivity index (χ4v) is 0.844. The second-order valence-electron chi connectivity index (χ2n) is 2.86. The van der Waals surface area contributed by atoms with Gasteiger partial charge in [0.15, 0.2) is 0 Å². The van der Waals surface area contributed by atoms with E-state index >= 15 is 0 Å². The van der Waals surface area contributed by atoms with Crippen LogP contribution in [0.25, 0.3) is 0 Å². The summed E-state index contributed by atoms with van der Waals surface area (Å²) >= 11 is 0. The summed E-state index contributed by atoms with van der Waals surface area (Å²) in [5.74, 6) is -0.153. The zero-order chi connectivity index (χ0) is 9.84. The third-order valence-corrected chi connectivity index (χ3v) is 1.63. The lowest BCUT2D eigenvalue weighted by Gasteiger charge is -2.07. The number of hydrogen-bond donors (Lipinski definition) is 0. The number of rotatable bonds is 2. The highest BCUT2D eigenvalue weighted by molar-refractivity contribution is 5.87. The number of ether oxygens (including phenoxy) is 1. The van der Waals surface area contributed by atoms with E-state index in [2.05, 4.69) is 4.74 Å². The standard InChI is InChI=1S/C8H12N2O3/c1-9(2)7(11)3-4-10-5-6-13-8(10)12/h3-4H,5-6H2,1-2H3/b4-3+. The summed E-state index contributed by atoms with van der Waals surface area (Å²) in [6.45, 7) is 0.898. The predicted octanol–water partition coefficient (Wildman–Crippen LogP) is 0.0405. The molecule has 0 aliphatic carbocycles. The van der Waals surface area contributed by atoms with E-state index < -0.39 is 6.09 Å². The molecule has 1 fully saturated rings. The van der Waals surface area contributed by atoms with Crippen LogP contribution in [0.2, 0.25) is 0 Å². The maximum atomic E-state index is 11.1. The predicted molar refractivity (Wildman–Crippen MR) is 45.9 cm³/mol. The van der Waals surface area contributed by atoms with Crippen molar-refractivity contribution in [2.75, 3.05) is 27.2 Å². The van der Waals surface area contributed by atoms with Gasteiger partial charge in [-0.1, -0.05) is 0 Å². The van der Waals surface area contributed by atoms with E-state index in [-0.39, 0.29) is 5.91 Å². The molecule has 0 aromatic heterocycles. The number of nitrogens with zero attached hydrogens (tertiary/aromatic N) is 2. The lowest BCUT2D eigenvalue weighted by atomic mass is 10.5. The van der Waals surface area contributed by atoms with Gasteiger partial charge < -0.3 is 9.64 Å². The van der Waals surface area contributed by atoms with Crippen LogP contribution in [0.4, 0.5) is 4.79 Å². The van der Waals surface area contributed by atoms with Gasteiger partial charge in [0.25, 0.3) is 0 Å². The topological polar surface area (TPSA) is 49.9 Å². The van der Waals surface area contributed by atoms with Gasteiger partial charge in [-0.05, 0) is 0 Å². The van der Waals surface area contributed by atoms with Crippen molar-refractivity contribution >= 4 is 12.0 Å². The molecule has 0 aromatic carbocycles. The SMILES string of the molecule is CN(C)C(=O)/C=C/N1CCOC1=O. The van der Waals surface area contributed by atoms with Crippen molar-refractivity contribution in [1.82, 2.24) is 9.80 Å². The van der Waals surface area contributed by atoms with E-state index in [1.807, 2.05) is 0 Å². The first-order chi connectivity index (χ1) is 6.11. The summed E-state index contributed by atoms with van der Waals surface area (Å²) in [5.41, 5.74) is 0. The van der Waals surface area contributed by atoms with Crippen LogP contribution >= 0.6 is 0 Å². The maximum absolute atomic E-state index is 11.1. The van der Waals surface area contributed by atoms with E-state index in [1.54, 1.807) is 14.1 Å². The molecule has 5 nitrogen and oxygen atoms in total. The lowest BCUT2D eigenvalue weighted by molar-refractivity contribution is -0.123. The number of amides is 2. The highest BCUT2D eigenvalue weighted by atomic mass is 16.6. The third-order valence-electron chi connectivity index (χ3n) is 1.63. The van der Waals surface area contributed by atoms with Gasteiger partial charge in [-0.2, -0.15) is 0 Å². The fraction of sp³-hybridized carbons (Fsp3) is 0.500. The Bertz CT molecular complexity index is 248. The van der Waals surface area contributed by atoms with Gasteiger partial charge in [-0.3, -0.25) is 9.69 Å². The number of carbonyl (C=O) groups excluding carboxylic acids is 2. The zero-order valence-electron chi connectivity index (χ0n) is 7.69. The van der Waals surface area contributed by atoms with E-state index in [9.17, 15) is 9.59 Å². The summed E-state index contributed by atoms with van der Waals surface area (Å²) < 4.78 is 4.67. The van der Waals surface area contributed by atoms with Gasteiger partial charge in [-0.25, -0.2) is 4.79 Å². The van der Waals surface area contributed by atoms with E-state index in [0.29, 0.717) is 13.2 Å². The highest BCUT2D eigenvalue weighted by Gasteiger charge is 2.19. The molecule has 0 bridgehead atoms. The minimum Gasteiger partial charge on any atom is -0.447 e. The molecular formula is C8H12N2O3. The van der Waals surface area contributed by atoms with Crippen molar-refractivity contribution < 1.29 is 14.3 Å². The molecule has 1 aliphatic rings. The summed E-state index contributed by atoms with van der Waals surface area (Å²) in [5, 5.41) is 0. The largest absolute Gasteiger partial charge is 0.447 e. The second-order valence-corrected chi connectivity index (χ2v) is 2.86. The normalized spacial score (nSPS) is 16.5. The Labute approximate surface area is 76.6 Å². The highest BCUT2D eigenvalue weighted by Crippen LogP contribution is 2.03. The fourth-order valence-electron chi connectivity index (χ4n) is 0.844. The first-order valence-corrected chi connectivity index (χ1v) is 3.94. The van der Waals surface area contributed by atoms with Gasteiger partial charge in [0.05, 0.1) is 6.54 Å². The van der Waals surface area contributed by atoms with Gasteiger partial charge >= 0.3 is 6.09 Å². The van der Waals surface area contributed by atoms with Crippen LogP contribution in [-0.4, -0.2) is 49.0 Å². The Morgan fingerprint density at radius 2 is 2.31 bits per heavy atom. The van der Waals surface area contributed by atoms with Crippen LogP contribution in [0.5, 0.6) is 0 Å². The molecule has 1 rings (SSSR count). The van der Waals surface area contributed by atoms with Gasteiger partial charge in [-0.15, -0.1) is 0 Å². The first kappa shape index (κ1) is 9.57. The Kier molecular flexibility index (Phi) is 2.89. The third kappa shape index (κ3) is 2.47. The second kappa shape index (κ2) is 3.93. The Morgan fingerprint density at radius 3 is 2.77 bits per heavy atom. The lowest BCUT2D eigenvalue weighted by Crippen LogP contribution is -2.22. The zero-order valence-corrected chi connectivity index (χ0v) is 7.69. The Morgan fingerprint density at radius 1 is 1.62 bits per heavy atom. The molecule has 1 saturated heterocycles.